The molecule has 1 aliphatic rings. The highest BCUT2D eigenvalue weighted by molar-refractivity contribution is 7.89. The van der Waals surface area contributed by atoms with Crippen LogP contribution in [0.3, 0.4) is 0 Å². The van der Waals surface area contributed by atoms with E-state index in [0.717, 1.165) is 10.6 Å². The van der Waals surface area contributed by atoms with Gasteiger partial charge in [0.15, 0.2) is 0 Å². The Hall–Kier alpha value is -2.16. The third-order valence-electron chi connectivity index (χ3n) is 4.87. The summed E-state index contributed by atoms with van der Waals surface area (Å²) in [7, 11) is -2.02. The summed E-state index contributed by atoms with van der Waals surface area (Å²) in [6.07, 6.45) is 2.35. The summed E-state index contributed by atoms with van der Waals surface area (Å²) in [5.41, 5.74) is 2.82. The third-order valence-corrected chi connectivity index (χ3v) is 7.38. The Morgan fingerprint density at radius 1 is 1.29 bits per heavy atom. The van der Waals surface area contributed by atoms with Gasteiger partial charge in [-0.1, -0.05) is 6.07 Å². The molecule has 0 radical (unpaired) electrons. The van der Waals surface area contributed by atoms with Crippen LogP contribution in [-0.4, -0.2) is 31.9 Å². The first kappa shape index (κ1) is 19.2. The molecule has 0 amide bonds. The first-order valence-corrected chi connectivity index (χ1v) is 11.6. The number of methoxy groups -OCH3 is 1. The SMILES string of the molecule is COc1ccc(S(=O)(=O)NCCn2nc(-c3cccs3)cc2C2CC2)c(C)c1. The second-order valence-corrected chi connectivity index (χ2v) is 9.64. The lowest BCUT2D eigenvalue weighted by Crippen LogP contribution is -2.28. The monoisotopic (exact) mass is 417 g/mol. The zero-order valence-electron chi connectivity index (χ0n) is 15.9. The van der Waals surface area contributed by atoms with Crippen LogP contribution in [-0.2, 0) is 16.6 Å². The maximum atomic E-state index is 12.7. The Morgan fingerprint density at radius 3 is 2.75 bits per heavy atom. The van der Waals surface area contributed by atoms with Gasteiger partial charge in [0.05, 0.1) is 23.4 Å². The van der Waals surface area contributed by atoms with Gasteiger partial charge in [0, 0.05) is 18.2 Å². The van der Waals surface area contributed by atoms with Gasteiger partial charge in [0.25, 0.3) is 0 Å². The molecule has 1 N–H and O–H groups in total. The van der Waals surface area contributed by atoms with Crippen LogP contribution < -0.4 is 9.46 Å². The molecule has 28 heavy (non-hydrogen) atoms. The van der Waals surface area contributed by atoms with Crippen LogP contribution in [0.2, 0.25) is 0 Å². The Balaban J connectivity index is 1.47. The summed E-state index contributed by atoms with van der Waals surface area (Å²) in [6, 6.07) is 11.2. The zero-order valence-corrected chi connectivity index (χ0v) is 17.5. The minimum absolute atomic E-state index is 0.274. The average Bonchev–Trinajstić information content (AvgIpc) is 3.19. The van der Waals surface area contributed by atoms with Crippen LogP contribution in [0.5, 0.6) is 5.75 Å². The first-order valence-electron chi connectivity index (χ1n) is 9.24. The van der Waals surface area contributed by atoms with Gasteiger partial charge in [-0.3, -0.25) is 4.68 Å². The molecule has 0 aliphatic heterocycles. The molecule has 6 nitrogen and oxygen atoms in total. The summed E-state index contributed by atoms with van der Waals surface area (Å²) < 4.78 is 35.2. The standard InChI is InChI=1S/C20H23N3O3S2/c1-14-12-16(26-2)7-8-20(14)28(24,25)21-9-10-23-18(15-5-6-15)13-17(22-23)19-4-3-11-27-19/h3-4,7-8,11-13,15,21H,5-6,9-10H2,1-2H3. The van der Waals surface area contributed by atoms with Gasteiger partial charge in [0.1, 0.15) is 11.4 Å². The van der Waals surface area contributed by atoms with Crippen molar-refractivity contribution in [3.05, 3.63) is 53.0 Å². The molecule has 8 heteroatoms. The number of aryl methyl sites for hydroxylation is 1. The number of benzene rings is 1. The molecule has 1 fully saturated rings. The van der Waals surface area contributed by atoms with Crippen LogP contribution >= 0.6 is 11.3 Å². The van der Waals surface area contributed by atoms with Gasteiger partial charge in [0.2, 0.25) is 10.0 Å². The molecule has 0 unspecified atom stereocenters. The summed E-state index contributed by atoms with van der Waals surface area (Å²) >= 11 is 1.66. The van der Waals surface area contributed by atoms with E-state index in [4.69, 9.17) is 9.84 Å². The number of rotatable bonds is 8. The van der Waals surface area contributed by atoms with Crippen molar-refractivity contribution in [1.82, 2.24) is 14.5 Å². The van der Waals surface area contributed by atoms with Crippen molar-refractivity contribution in [1.29, 1.82) is 0 Å². The number of hydrogen-bond acceptors (Lipinski definition) is 5. The predicted molar refractivity (Wildman–Crippen MR) is 110 cm³/mol. The fourth-order valence-corrected chi connectivity index (χ4v) is 5.20. The van der Waals surface area contributed by atoms with Gasteiger partial charge >= 0.3 is 0 Å². The van der Waals surface area contributed by atoms with E-state index in [-0.39, 0.29) is 4.90 Å². The molecule has 0 saturated heterocycles. The Labute approximate surface area is 169 Å². The molecule has 1 saturated carbocycles. The molecule has 2 heterocycles. The van der Waals surface area contributed by atoms with E-state index in [2.05, 4.69) is 16.9 Å². The van der Waals surface area contributed by atoms with Crippen LogP contribution in [0, 0.1) is 6.92 Å². The smallest absolute Gasteiger partial charge is 0.240 e. The number of thiophene rings is 1. The van der Waals surface area contributed by atoms with Crippen molar-refractivity contribution in [2.45, 2.75) is 37.1 Å². The van der Waals surface area contributed by atoms with Crippen molar-refractivity contribution in [2.75, 3.05) is 13.7 Å². The van der Waals surface area contributed by atoms with Gasteiger partial charge in [-0.2, -0.15) is 5.10 Å². The molecule has 1 aromatic carbocycles. The number of aromatic nitrogens is 2. The van der Waals surface area contributed by atoms with Gasteiger partial charge in [-0.05, 0) is 61.0 Å². The highest BCUT2D eigenvalue weighted by atomic mass is 32.2. The van der Waals surface area contributed by atoms with Crippen molar-refractivity contribution in [3.8, 4) is 16.3 Å². The molecule has 148 valence electrons. The van der Waals surface area contributed by atoms with Crippen molar-refractivity contribution >= 4 is 21.4 Å². The Morgan fingerprint density at radius 2 is 2.11 bits per heavy atom. The number of ether oxygens (including phenoxy) is 1. The lowest BCUT2D eigenvalue weighted by atomic mass is 10.2. The molecule has 0 atom stereocenters. The van der Waals surface area contributed by atoms with Crippen LogP contribution in [0.1, 0.15) is 30.0 Å². The quantitative estimate of drug-likeness (QED) is 0.605. The fourth-order valence-electron chi connectivity index (χ4n) is 3.28. The lowest BCUT2D eigenvalue weighted by Gasteiger charge is -2.11. The molecule has 3 aromatic rings. The molecular weight excluding hydrogens is 394 g/mol. The van der Waals surface area contributed by atoms with E-state index in [1.165, 1.54) is 18.5 Å². The molecule has 1 aliphatic carbocycles. The normalized spacial score (nSPS) is 14.4. The maximum Gasteiger partial charge on any atom is 0.240 e. The van der Waals surface area contributed by atoms with Crippen molar-refractivity contribution in [2.24, 2.45) is 0 Å². The van der Waals surface area contributed by atoms with Crippen molar-refractivity contribution < 1.29 is 13.2 Å². The Bertz CT molecular complexity index is 1070. The van der Waals surface area contributed by atoms with Crippen molar-refractivity contribution in [3.63, 3.8) is 0 Å². The predicted octanol–water partition coefficient (Wildman–Crippen LogP) is 3.78. The second-order valence-electron chi connectivity index (χ2n) is 6.96. The van der Waals surface area contributed by atoms with Gasteiger partial charge < -0.3 is 4.74 Å². The third kappa shape index (κ3) is 3.99. The van der Waals surface area contributed by atoms with E-state index >= 15 is 0 Å². The average molecular weight is 418 g/mol. The number of nitrogens with one attached hydrogen (secondary N) is 1. The molecule has 0 spiro atoms. The van der Waals surface area contributed by atoms with Gasteiger partial charge in [-0.25, -0.2) is 13.1 Å². The summed E-state index contributed by atoms with van der Waals surface area (Å²) in [4.78, 5) is 1.41. The topological polar surface area (TPSA) is 73.2 Å². The van der Waals surface area contributed by atoms with E-state index in [1.807, 2.05) is 16.1 Å². The maximum absolute atomic E-state index is 12.7. The van der Waals surface area contributed by atoms with E-state index in [0.29, 0.717) is 30.3 Å². The number of nitrogens with zero attached hydrogens (tertiary/aromatic N) is 2. The lowest BCUT2D eigenvalue weighted by molar-refractivity contribution is 0.414. The highest BCUT2D eigenvalue weighted by Crippen LogP contribution is 2.41. The molecule has 2 aromatic heterocycles. The fraction of sp³-hybridized carbons (Fsp3) is 0.350. The largest absolute Gasteiger partial charge is 0.497 e. The van der Waals surface area contributed by atoms with E-state index in [9.17, 15) is 8.42 Å². The summed E-state index contributed by atoms with van der Waals surface area (Å²) in [5, 5.41) is 6.76. The van der Waals surface area contributed by atoms with E-state index < -0.39 is 10.0 Å². The van der Waals surface area contributed by atoms with E-state index in [1.54, 1.807) is 43.6 Å². The highest BCUT2D eigenvalue weighted by Gasteiger charge is 2.28. The minimum Gasteiger partial charge on any atom is -0.497 e. The molecular formula is C20H23N3O3S2. The zero-order chi connectivity index (χ0) is 19.7. The van der Waals surface area contributed by atoms with Crippen LogP contribution in [0.25, 0.3) is 10.6 Å². The first-order chi connectivity index (χ1) is 13.5. The number of hydrogen-bond donors (Lipinski definition) is 1. The van der Waals surface area contributed by atoms with Gasteiger partial charge in [-0.15, -0.1) is 11.3 Å². The summed E-state index contributed by atoms with van der Waals surface area (Å²) in [6.45, 7) is 2.56. The number of sulfonamides is 1. The summed E-state index contributed by atoms with van der Waals surface area (Å²) in [5.74, 6) is 1.19. The second kappa shape index (κ2) is 7.69. The van der Waals surface area contributed by atoms with Crippen LogP contribution in [0.15, 0.2) is 46.7 Å². The molecule has 4 rings (SSSR count). The minimum atomic E-state index is -3.58. The molecule has 0 bridgehead atoms. The van der Waals surface area contributed by atoms with Crippen LogP contribution in [0.4, 0.5) is 0 Å². The Kier molecular flexibility index (Phi) is 5.27.